The fraction of sp³-hybridized carbons (Fsp3) is 0.409. The lowest BCUT2D eigenvalue weighted by atomic mass is 9.98. The maximum Gasteiger partial charge on any atom is 0.270 e. The lowest BCUT2D eigenvalue weighted by Gasteiger charge is -2.17. The number of aliphatic hydroxyl groups is 1. The third-order valence-corrected chi connectivity index (χ3v) is 5.09. The summed E-state index contributed by atoms with van der Waals surface area (Å²) < 4.78 is 41.2. The van der Waals surface area contributed by atoms with Gasteiger partial charge in [-0.2, -0.15) is 0 Å². The Balaban J connectivity index is 2.15. The van der Waals surface area contributed by atoms with E-state index in [1.54, 1.807) is 13.8 Å². The second-order valence-electron chi connectivity index (χ2n) is 8.02. The molecular formula is C22H24Cl2F3NO2. The van der Waals surface area contributed by atoms with Crippen LogP contribution in [0.15, 0.2) is 30.3 Å². The van der Waals surface area contributed by atoms with E-state index < -0.39 is 17.3 Å². The molecule has 3 nitrogen and oxygen atoms in total. The highest BCUT2D eigenvalue weighted by Crippen LogP contribution is 2.39. The quantitative estimate of drug-likeness (QED) is 0.420. The molecule has 0 spiro atoms. The van der Waals surface area contributed by atoms with Gasteiger partial charge in [0.15, 0.2) is 0 Å². The predicted molar refractivity (Wildman–Crippen MR) is 115 cm³/mol. The number of benzene rings is 2. The van der Waals surface area contributed by atoms with Crippen LogP contribution in [0.2, 0.25) is 10.0 Å². The number of halogens is 5. The Morgan fingerprint density at radius 2 is 1.70 bits per heavy atom. The van der Waals surface area contributed by atoms with Gasteiger partial charge >= 0.3 is 0 Å². The van der Waals surface area contributed by atoms with E-state index in [4.69, 9.17) is 23.2 Å². The summed E-state index contributed by atoms with van der Waals surface area (Å²) in [5.41, 5.74) is -0.363. The number of Topliss-reactive ketones (excluding diaryl/α,β-unsaturated/α-hetero) is 1. The highest BCUT2D eigenvalue weighted by Gasteiger charge is 2.26. The van der Waals surface area contributed by atoms with Crippen molar-refractivity contribution in [2.75, 3.05) is 5.32 Å². The number of ketones is 1. The predicted octanol–water partition coefficient (Wildman–Crippen LogP) is 7.04. The standard InChI is InChI=1S/C22H24Cl2F3NO2/c1-21(2,30)8-4-5-16(29)10-13-9-15(6-7-19(13)25)28-20-17(23)11-14(12-18(20)24)22(3,26)27/h6-7,9,11-12,28,30H,4-5,8,10H2,1-3H3. The van der Waals surface area contributed by atoms with Gasteiger partial charge in [-0.3, -0.25) is 4.79 Å². The highest BCUT2D eigenvalue weighted by atomic mass is 35.5. The van der Waals surface area contributed by atoms with E-state index in [9.17, 15) is 23.1 Å². The molecule has 0 aromatic heterocycles. The van der Waals surface area contributed by atoms with Crippen LogP contribution in [0.25, 0.3) is 0 Å². The van der Waals surface area contributed by atoms with E-state index in [0.717, 1.165) is 19.1 Å². The molecule has 2 aromatic rings. The smallest absolute Gasteiger partial charge is 0.270 e. The van der Waals surface area contributed by atoms with Gasteiger partial charge in [0.1, 0.15) is 11.6 Å². The topological polar surface area (TPSA) is 49.3 Å². The number of carbonyl (C=O) groups is 1. The van der Waals surface area contributed by atoms with E-state index in [0.29, 0.717) is 18.5 Å². The summed E-state index contributed by atoms with van der Waals surface area (Å²) in [6.07, 6.45) is 1.09. The summed E-state index contributed by atoms with van der Waals surface area (Å²) in [4.78, 5) is 12.2. The Morgan fingerprint density at radius 1 is 1.10 bits per heavy atom. The lowest BCUT2D eigenvalue weighted by molar-refractivity contribution is -0.118. The van der Waals surface area contributed by atoms with Crippen LogP contribution in [0, 0.1) is 5.82 Å². The van der Waals surface area contributed by atoms with Gasteiger partial charge < -0.3 is 10.4 Å². The molecule has 0 aliphatic carbocycles. The molecule has 2 rings (SSSR count). The van der Waals surface area contributed by atoms with Gasteiger partial charge in [-0.25, -0.2) is 13.2 Å². The Morgan fingerprint density at radius 3 is 2.23 bits per heavy atom. The van der Waals surface area contributed by atoms with Crippen molar-refractivity contribution < 1.29 is 23.1 Å². The Kier molecular flexibility index (Phi) is 7.83. The molecule has 2 aromatic carbocycles. The van der Waals surface area contributed by atoms with Crippen LogP contribution in [-0.2, 0) is 17.1 Å². The first-order chi connectivity index (χ1) is 13.8. The maximum absolute atomic E-state index is 14.2. The van der Waals surface area contributed by atoms with Gasteiger partial charge in [-0.1, -0.05) is 23.2 Å². The normalized spacial score (nSPS) is 12.2. The molecule has 0 saturated carbocycles. The van der Waals surface area contributed by atoms with Gasteiger partial charge in [-0.15, -0.1) is 0 Å². The number of nitrogens with one attached hydrogen (secondary N) is 1. The second-order valence-corrected chi connectivity index (χ2v) is 8.83. The first-order valence-corrected chi connectivity index (χ1v) is 10.2. The molecule has 0 unspecified atom stereocenters. The SMILES string of the molecule is CC(C)(O)CCCC(=O)Cc1cc(Nc2c(Cl)cc(C(C)(F)F)cc2Cl)ccc1F. The van der Waals surface area contributed by atoms with Gasteiger partial charge in [0, 0.05) is 31.0 Å². The van der Waals surface area contributed by atoms with E-state index in [1.165, 1.54) is 18.2 Å². The van der Waals surface area contributed by atoms with Crippen LogP contribution < -0.4 is 5.32 Å². The summed E-state index contributed by atoms with van der Waals surface area (Å²) >= 11 is 12.2. The monoisotopic (exact) mass is 461 g/mol. The van der Waals surface area contributed by atoms with E-state index in [-0.39, 0.29) is 45.5 Å². The van der Waals surface area contributed by atoms with Gasteiger partial charge in [0.05, 0.1) is 21.3 Å². The first-order valence-electron chi connectivity index (χ1n) is 9.43. The Hall–Kier alpha value is -1.76. The average Bonchev–Trinajstić information content (AvgIpc) is 2.58. The van der Waals surface area contributed by atoms with Crippen molar-refractivity contribution in [3.8, 4) is 0 Å². The summed E-state index contributed by atoms with van der Waals surface area (Å²) in [7, 11) is 0. The molecule has 0 aliphatic rings. The molecule has 0 aliphatic heterocycles. The van der Waals surface area contributed by atoms with Crippen LogP contribution >= 0.6 is 23.2 Å². The summed E-state index contributed by atoms with van der Waals surface area (Å²) in [5, 5.41) is 12.6. The minimum atomic E-state index is -3.10. The summed E-state index contributed by atoms with van der Waals surface area (Å²) in [6.45, 7) is 4.07. The van der Waals surface area contributed by atoms with Crippen molar-refractivity contribution >= 4 is 40.4 Å². The zero-order valence-corrected chi connectivity index (χ0v) is 18.5. The third-order valence-electron chi connectivity index (χ3n) is 4.50. The van der Waals surface area contributed by atoms with Crippen molar-refractivity contribution in [3.63, 3.8) is 0 Å². The molecule has 0 atom stereocenters. The van der Waals surface area contributed by atoms with E-state index in [1.807, 2.05) is 0 Å². The summed E-state index contributed by atoms with van der Waals surface area (Å²) in [5.74, 6) is -3.78. The number of hydrogen-bond acceptors (Lipinski definition) is 3. The highest BCUT2D eigenvalue weighted by molar-refractivity contribution is 6.39. The van der Waals surface area contributed by atoms with Crippen LogP contribution in [0.3, 0.4) is 0 Å². The zero-order valence-electron chi connectivity index (χ0n) is 17.0. The molecule has 2 N–H and O–H groups in total. The molecule has 8 heteroatoms. The molecular weight excluding hydrogens is 438 g/mol. The van der Waals surface area contributed by atoms with Gasteiger partial charge in [-0.05, 0) is 62.6 Å². The number of rotatable bonds is 9. The van der Waals surface area contributed by atoms with E-state index >= 15 is 0 Å². The Labute approximate surface area is 184 Å². The number of hydrogen-bond donors (Lipinski definition) is 2. The molecule has 0 saturated heterocycles. The minimum Gasteiger partial charge on any atom is -0.390 e. The molecule has 0 amide bonds. The van der Waals surface area contributed by atoms with Crippen LogP contribution in [0.5, 0.6) is 0 Å². The third kappa shape index (κ3) is 7.18. The van der Waals surface area contributed by atoms with Crippen molar-refractivity contribution in [1.82, 2.24) is 0 Å². The van der Waals surface area contributed by atoms with Crippen LogP contribution in [0.1, 0.15) is 51.2 Å². The second kappa shape index (κ2) is 9.58. The molecule has 0 bridgehead atoms. The zero-order chi connectivity index (χ0) is 22.7. The fourth-order valence-corrected chi connectivity index (χ4v) is 3.48. The molecule has 30 heavy (non-hydrogen) atoms. The van der Waals surface area contributed by atoms with Crippen molar-refractivity contribution in [2.24, 2.45) is 0 Å². The minimum absolute atomic E-state index is 0.00686. The van der Waals surface area contributed by atoms with Crippen molar-refractivity contribution in [2.45, 2.75) is 58.0 Å². The van der Waals surface area contributed by atoms with Crippen LogP contribution in [0.4, 0.5) is 24.5 Å². The molecule has 0 heterocycles. The largest absolute Gasteiger partial charge is 0.390 e. The fourth-order valence-electron chi connectivity index (χ4n) is 2.90. The van der Waals surface area contributed by atoms with Crippen molar-refractivity contribution in [3.05, 3.63) is 57.3 Å². The van der Waals surface area contributed by atoms with Gasteiger partial charge in [0.2, 0.25) is 0 Å². The van der Waals surface area contributed by atoms with Gasteiger partial charge in [0.25, 0.3) is 5.92 Å². The first kappa shape index (κ1) is 24.5. The average molecular weight is 462 g/mol. The molecule has 164 valence electrons. The Bertz CT molecular complexity index is 899. The lowest BCUT2D eigenvalue weighted by Crippen LogP contribution is -2.18. The summed E-state index contributed by atoms with van der Waals surface area (Å²) in [6, 6.07) is 6.34. The van der Waals surface area contributed by atoms with Crippen LogP contribution in [-0.4, -0.2) is 16.5 Å². The number of carbonyl (C=O) groups excluding carboxylic acids is 1. The molecule has 0 fully saturated rings. The van der Waals surface area contributed by atoms with E-state index in [2.05, 4.69) is 5.32 Å². The number of anilines is 2. The molecule has 0 radical (unpaired) electrons. The number of alkyl halides is 2. The van der Waals surface area contributed by atoms with Crippen molar-refractivity contribution in [1.29, 1.82) is 0 Å². The maximum atomic E-state index is 14.2.